The van der Waals surface area contributed by atoms with E-state index in [0.29, 0.717) is 13.0 Å². The van der Waals surface area contributed by atoms with Gasteiger partial charge < -0.3 is 16.2 Å². The Kier molecular flexibility index (Phi) is 4.59. The smallest absolute Gasteiger partial charge is 0.335 e. The van der Waals surface area contributed by atoms with Crippen molar-refractivity contribution >= 4 is 17.6 Å². The van der Waals surface area contributed by atoms with E-state index in [1.807, 2.05) is 0 Å². The van der Waals surface area contributed by atoms with Crippen LogP contribution in [-0.2, 0) is 4.79 Å². The molecule has 0 atom stereocenters. The summed E-state index contributed by atoms with van der Waals surface area (Å²) in [6.45, 7) is 0.383. The van der Waals surface area contributed by atoms with Gasteiger partial charge >= 0.3 is 5.97 Å². The standard InChI is InChI=1S/C11H13FN2O3/c12-8-6-7(11(16)17)3-4-9(8)14-10(15)2-1-5-13/h3-4,6H,1-2,5,13H2,(H,14,15)(H,16,17). The van der Waals surface area contributed by atoms with Gasteiger partial charge in [-0.25, -0.2) is 9.18 Å². The summed E-state index contributed by atoms with van der Waals surface area (Å²) in [7, 11) is 0. The quantitative estimate of drug-likeness (QED) is 0.721. The highest BCUT2D eigenvalue weighted by atomic mass is 19.1. The molecular formula is C11H13FN2O3. The molecule has 0 aliphatic carbocycles. The minimum absolute atomic E-state index is 0.0305. The maximum absolute atomic E-state index is 13.4. The van der Waals surface area contributed by atoms with Crippen LogP contribution in [0.25, 0.3) is 0 Å². The first-order valence-electron chi connectivity index (χ1n) is 5.07. The number of rotatable bonds is 5. The lowest BCUT2D eigenvalue weighted by atomic mass is 10.2. The lowest BCUT2D eigenvalue weighted by molar-refractivity contribution is -0.116. The molecule has 0 saturated heterocycles. The Labute approximate surface area is 97.4 Å². The Morgan fingerprint density at radius 3 is 2.65 bits per heavy atom. The van der Waals surface area contributed by atoms with Gasteiger partial charge in [0.2, 0.25) is 5.91 Å². The molecule has 17 heavy (non-hydrogen) atoms. The van der Waals surface area contributed by atoms with Gasteiger partial charge in [-0.15, -0.1) is 0 Å². The number of hydrogen-bond acceptors (Lipinski definition) is 3. The fourth-order valence-corrected chi connectivity index (χ4v) is 1.22. The van der Waals surface area contributed by atoms with E-state index in [1.165, 1.54) is 12.1 Å². The molecule has 0 aromatic heterocycles. The van der Waals surface area contributed by atoms with Crippen molar-refractivity contribution in [1.82, 2.24) is 0 Å². The van der Waals surface area contributed by atoms with Crippen molar-refractivity contribution in [2.45, 2.75) is 12.8 Å². The summed E-state index contributed by atoms with van der Waals surface area (Å²) in [5, 5.41) is 11.0. The largest absolute Gasteiger partial charge is 0.478 e. The van der Waals surface area contributed by atoms with E-state index >= 15 is 0 Å². The van der Waals surface area contributed by atoms with Gasteiger partial charge in [0.05, 0.1) is 11.3 Å². The number of halogens is 1. The van der Waals surface area contributed by atoms with Gasteiger partial charge in [-0.05, 0) is 31.2 Å². The molecular weight excluding hydrogens is 227 g/mol. The molecule has 0 saturated carbocycles. The van der Waals surface area contributed by atoms with Crippen molar-refractivity contribution in [3.63, 3.8) is 0 Å². The molecule has 1 aromatic carbocycles. The fraction of sp³-hybridized carbons (Fsp3) is 0.273. The number of amides is 1. The van der Waals surface area contributed by atoms with Crippen molar-refractivity contribution in [2.24, 2.45) is 5.73 Å². The maximum Gasteiger partial charge on any atom is 0.335 e. The van der Waals surface area contributed by atoms with Crippen LogP contribution < -0.4 is 11.1 Å². The average molecular weight is 240 g/mol. The molecule has 0 unspecified atom stereocenters. The number of nitrogens with two attached hydrogens (primary N) is 1. The fourth-order valence-electron chi connectivity index (χ4n) is 1.22. The zero-order valence-corrected chi connectivity index (χ0v) is 9.07. The first-order valence-corrected chi connectivity index (χ1v) is 5.07. The number of nitrogens with one attached hydrogen (secondary N) is 1. The van der Waals surface area contributed by atoms with E-state index < -0.39 is 11.8 Å². The summed E-state index contributed by atoms with van der Waals surface area (Å²) in [6.07, 6.45) is 0.720. The number of anilines is 1. The average Bonchev–Trinajstić information content (AvgIpc) is 2.28. The van der Waals surface area contributed by atoms with Crippen molar-refractivity contribution in [2.75, 3.05) is 11.9 Å². The predicted octanol–water partition coefficient (Wildman–Crippen LogP) is 1.20. The summed E-state index contributed by atoms with van der Waals surface area (Å²) in [4.78, 5) is 21.9. The molecule has 0 aliphatic heterocycles. The minimum atomic E-state index is -1.22. The minimum Gasteiger partial charge on any atom is -0.478 e. The molecule has 0 bridgehead atoms. The molecule has 1 amide bonds. The number of carboxylic acids is 1. The summed E-state index contributed by atoms with van der Waals surface area (Å²) in [5.74, 6) is -2.34. The van der Waals surface area contributed by atoms with Gasteiger partial charge in [-0.1, -0.05) is 0 Å². The summed E-state index contributed by atoms with van der Waals surface area (Å²) < 4.78 is 13.4. The van der Waals surface area contributed by atoms with Crippen LogP contribution in [0.5, 0.6) is 0 Å². The van der Waals surface area contributed by atoms with E-state index in [1.54, 1.807) is 0 Å². The third kappa shape index (κ3) is 3.84. The number of carboxylic acid groups (broad SMARTS) is 1. The maximum atomic E-state index is 13.4. The zero-order chi connectivity index (χ0) is 12.8. The third-order valence-corrected chi connectivity index (χ3v) is 2.10. The Balaban J connectivity index is 2.72. The third-order valence-electron chi connectivity index (χ3n) is 2.10. The van der Waals surface area contributed by atoms with Crippen LogP contribution in [-0.4, -0.2) is 23.5 Å². The highest BCUT2D eigenvalue weighted by molar-refractivity contribution is 5.92. The van der Waals surface area contributed by atoms with Crippen molar-refractivity contribution in [1.29, 1.82) is 0 Å². The lowest BCUT2D eigenvalue weighted by Crippen LogP contribution is -2.14. The topological polar surface area (TPSA) is 92.4 Å². The van der Waals surface area contributed by atoms with Gasteiger partial charge in [0.15, 0.2) is 0 Å². The number of carbonyl (C=O) groups is 2. The van der Waals surface area contributed by atoms with Gasteiger partial charge in [-0.2, -0.15) is 0 Å². The van der Waals surface area contributed by atoms with E-state index in [-0.39, 0.29) is 23.6 Å². The molecule has 0 fully saturated rings. The molecule has 92 valence electrons. The van der Waals surface area contributed by atoms with Crippen LogP contribution in [0, 0.1) is 5.82 Å². The molecule has 0 radical (unpaired) electrons. The summed E-state index contributed by atoms with van der Waals surface area (Å²) in [5.41, 5.74) is 5.04. The molecule has 0 heterocycles. The van der Waals surface area contributed by atoms with Crippen molar-refractivity contribution in [3.05, 3.63) is 29.6 Å². The molecule has 6 heteroatoms. The van der Waals surface area contributed by atoms with Crippen LogP contribution in [0.3, 0.4) is 0 Å². The highest BCUT2D eigenvalue weighted by Gasteiger charge is 2.10. The van der Waals surface area contributed by atoms with Crippen LogP contribution in [0.2, 0.25) is 0 Å². The second kappa shape index (κ2) is 5.95. The second-order valence-corrected chi connectivity index (χ2v) is 3.44. The van der Waals surface area contributed by atoms with Crippen LogP contribution >= 0.6 is 0 Å². The van der Waals surface area contributed by atoms with Crippen LogP contribution in [0.15, 0.2) is 18.2 Å². The first-order chi connectivity index (χ1) is 8.04. The van der Waals surface area contributed by atoms with Gasteiger partial charge in [0.1, 0.15) is 5.82 Å². The molecule has 1 aromatic rings. The number of benzene rings is 1. The number of aromatic carboxylic acids is 1. The van der Waals surface area contributed by atoms with E-state index in [2.05, 4.69) is 5.32 Å². The molecule has 0 aliphatic rings. The first kappa shape index (κ1) is 13.1. The van der Waals surface area contributed by atoms with Crippen LogP contribution in [0.4, 0.5) is 10.1 Å². The molecule has 5 nitrogen and oxygen atoms in total. The monoisotopic (exact) mass is 240 g/mol. The van der Waals surface area contributed by atoms with Gasteiger partial charge in [-0.3, -0.25) is 4.79 Å². The number of hydrogen-bond donors (Lipinski definition) is 3. The Morgan fingerprint density at radius 1 is 1.41 bits per heavy atom. The van der Waals surface area contributed by atoms with Crippen molar-refractivity contribution in [3.8, 4) is 0 Å². The molecule has 0 spiro atoms. The van der Waals surface area contributed by atoms with Gasteiger partial charge in [0.25, 0.3) is 0 Å². The van der Waals surface area contributed by atoms with Crippen LogP contribution in [0.1, 0.15) is 23.2 Å². The second-order valence-electron chi connectivity index (χ2n) is 3.44. The van der Waals surface area contributed by atoms with E-state index in [4.69, 9.17) is 10.8 Å². The Morgan fingerprint density at radius 2 is 2.12 bits per heavy atom. The van der Waals surface area contributed by atoms with E-state index in [0.717, 1.165) is 6.07 Å². The lowest BCUT2D eigenvalue weighted by Gasteiger charge is -2.06. The predicted molar refractivity (Wildman–Crippen MR) is 60.3 cm³/mol. The summed E-state index contributed by atoms with van der Waals surface area (Å²) >= 11 is 0. The zero-order valence-electron chi connectivity index (χ0n) is 9.07. The summed E-state index contributed by atoms with van der Waals surface area (Å²) in [6, 6.07) is 3.31. The van der Waals surface area contributed by atoms with E-state index in [9.17, 15) is 14.0 Å². The highest BCUT2D eigenvalue weighted by Crippen LogP contribution is 2.16. The Hall–Kier alpha value is -1.95. The SMILES string of the molecule is NCCCC(=O)Nc1ccc(C(=O)O)cc1F. The molecule has 4 N–H and O–H groups in total. The Bertz CT molecular complexity index is 435. The normalized spacial score (nSPS) is 10.0. The number of carbonyl (C=O) groups excluding carboxylic acids is 1. The van der Waals surface area contributed by atoms with Crippen molar-refractivity contribution < 1.29 is 19.1 Å². The van der Waals surface area contributed by atoms with Gasteiger partial charge in [0, 0.05) is 6.42 Å². The molecule has 1 rings (SSSR count).